The number of halogens is 1. The van der Waals surface area contributed by atoms with Crippen LogP contribution in [0.25, 0.3) is 0 Å². The lowest BCUT2D eigenvalue weighted by molar-refractivity contribution is 0.372. The van der Waals surface area contributed by atoms with Gasteiger partial charge >= 0.3 is 0 Å². The van der Waals surface area contributed by atoms with Gasteiger partial charge < -0.3 is 0 Å². The Labute approximate surface area is 96.3 Å². The van der Waals surface area contributed by atoms with Crippen molar-refractivity contribution in [3.63, 3.8) is 0 Å². The number of hydrogen-bond donors (Lipinski definition) is 0. The summed E-state index contributed by atoms with van der Waals surface area (Å²) in [7, 11) is 0. The van der Waals surface area contributed by atoms with Crippen LogP contribution in [0.15, 0.2) is 6.07 Å². The summed E-state index contributed by atoms with van der Waals surface area (Å²) >= 11 is 8.26. The Bertz CT molecular complexity index is 307. The normalized spacial score (nSPS) is 14.4. The van der Waals surface area contributed by atoms with Crippen molar-refractivity contribution in [2.24, 2.45) is 5.41 Å². The lowest BCUT2D eigenvalue weighted by Gasteiger charge is -2.21. The van der Waals surface area contributed by atoms with E-state index in [0.717, 1.165) is 6.42 Å². The molecule has 0 N–H and O–H groups in total. The topological polar surface area (TPSA) is 0 Å². The molecule has 0 fully saturated rings. The molecule has 0 radical (unpaired) electrons. The molecule has 1 rings (SSSR count). The van der Waals surface area contributed by atoms with Gasteiger partial charge in [0.2, 0.25) is 0 Å². The van der Waals surface area contributed by atoms with E-state index in [1.807, 2.05) is 11.3 Å². The van der Waals surface area contributed by atoms with Gasteiger partial charge in [-0.3, -0.25) is 0 Å². The van der Waals surface area contributed by atoms with Gasteiger partial charge in [0.05, 0.1) is 5.38 Å². The van der Waals surface area contributed by atoms with Crippen molar-refractivity contribution in [2.75, 3.05) is 0 Å². The Morgan fingerprint density at radius 2 is 1.93 bits per heavy atom. The average molecular weight is 231 g/mol. The lowest BCUT2D eigenvalue weighted by Crippen LogP contribution is -2.08. The molecular formula is C12H19ClS. The summed E-state index contributed by atoms with van der Waals surface area (Å²) in [5.74, 6) is 0. The maximum atomic E-state index is 6.42. The van der Waals surface area contributed by atoms with Crippen molar-refractivity contribution in [3.05, 3.63) is 21.4 Å². The van der Waals surface area contributed by atoms with Crippen molar-refractivity contribution in [3.8, 4) is 0 Å². The second-order valence-electron chi connectivity index (χ2n) is 5.10. The number of alkyl halides is 1. The first-order valence-corrected chi connectivity index (χ1v) is 6.26. The Morgan fingerprint density at radius 3 is 2.29 bits per heavy atom. The van der Waals surface area contributed by atoms with Crippen LogP contribution < -0.4 is 0 Å². The molecule has 0 amide bonds. The third-order valence-electron chi connectivity index (χ3n) is 2.21. The predicted molar refractivity (Wildman–Crippen MR) is 66.5 cm³/mol. The van der Waals surface area contributed by atoms with Gasteiger partial charge in [0.25, 0.3) is 0 Å². The van der Waals surface area contributed by atoms with Crippen LogP contribution in [-0.2, 0) is 0 Å². The van der Waals surface area contributed by atoms with Gasteiger partial charge in [0.1, 0.15) is 0 Å². The Balaban J connectivity index is 2.79. The zero-order valence-electron chi connectivity index (χ0n) is 9.65. The van der Waals surface area contributed by atoms with Crippen LogP contribution in [0.1, 0.15) is 47.9 Å². The second-order valence-corrected chi connectivity index (χ2v) is 7.09. The molecule has 1 aromatic rings. The quantitative estimate of drug-likeness (QED) is 0.622. The van der Waals surface area contributed by atoms with Crippen molar-refractivity contribution in [2.45, 2.75) is 46.4 Å². The van der Waals surface area contributed by atoms with Crippen LogP contribution in [0.3, 0.4) is 0 Å². The summed E-state index contributed by atoms with van der Waals surface area (Å²) in [5.41, 5.74) is 1.62. The van der Waals surface area contributed by atoms with E-state index in [1.165, 1.54) is 15.3 Å². The SMILES string of the molecule is Cc1cc(C(Cl)CC(C)(C)C)c(C)s1. The average Bonchev–Trinajstić information content (AvgIpc) is 2.26. The van der Waals surface area contributed by atoms with Crippen LogP contribution >= 0.6 is 22.9 Å². The molecule has 80 valence electrons. The first-order chi connectivity index (χ1) is 6.29. The lowest BCUT2D eigenvalue weighted by atomic mass is 9.88. The van der Waals surface area contributed by atoms with Crippen LogP contribution in [0, 0.1) is 19.3 Å². The van der Waals surface area contributed by atoms with E-state index in [4.69, 9.17) is 11.6 Å². The highest BCUT2D eigenvalue weighted by atomic mass is 35.5. The van der Waals surface area contributed by atoms with Crippen molar-refractivity contribution in [1.29, 1.82) is 0 Å². The molecule has 1 aromatic heterocycles. The molecule has 14 heavy (non-hydrogen) atoms. The van der Waals surface area contributed by atoms with E-state index in [0.29, 0.717) is 5.41 Å². The van der Waals surface area contributed by atoms with E-state index in [1.54, 1.807) is 0 Å². The molecule has 2 heteroatoms. The van der Waals surface area contributed by atoms with E-state index in [-0.39, 0.29) is 5.38 Å². The zero-order chi connectivity index (χ0) is 10.9. The second kappa shape index (κ2) is 4.24. The van der Waals surface area contributed by atoms with E-state index in [2.05, 4.69) is 40.7 Å². The van der Waals surface area contributed by atoms with Crippen LogP contribution in [0.4, 0.5) is 0 Å². The van der Waals surface area contributed by atoms with Crippen LogP contribution in [-0.4, -0.2) is 0 Å². The molecule has 1 atom stereocenters. The van der Waals surface area contributed by atoms with E-state index in [9.17, 15) is 0 Å². The maximum Gasteiger partial charge on any atom is 0.0601 e. The molecule has 1 heterocycles. The number of thiophene rings is 1. The fourth-order valence-electron chi connectivity index (χ4n) is 1.61. The summed E-state index contributed by atoms with van der Waals surface area (Å²) in [6, 6.07) is 2.23. The fraction of sp³-hybridized carbons (Fsp3) is 0.667. The van der Waals surface area contributed by atoms with Crippen molar-refractivity contribution in [1.82, 2.24) is 0 Å². The number of aryl methyl sites for hydroxylation is 2. The molecular weight excluding hydrogens is 212 g/mol. The smallest absolute Gasteiger partial charge is 0.0601 e. The maximum absolute atomic E-state index is 6.42. The largest absolute Gasteiger partial charge is 0.146 e. The standard InChI is InChI=1S/C12H19ClS/c1-8-6-10(9(2)14-8)11(13)7-12(3,4)5/h6,11H,7H2,1-5H3. The van der Waals surface area contributed by atoms with Gasteiger partial charge in [-0.1, -0.05) is 20.8 Å². The molecule has 0 aliphatic carbocycles. The van der Waals surface area contributed by atoms with Gasteiger partial charge in [-0.2, -0.15) is 0 Å². The highest BCUT2D eigenvalue weighted by Gasteiger charge is 2.20. The molecule has 0 aliphatic rings. The first kappa shape index (κ1) is 12.1. The highest BCUT2D eigenvalue weighted by molar-refractivity contribution is 7.12. The minimum atomic E-state index is 0.167. The molecule has 1 unspecified atom stereocenters. The van der Waals surface area contributed by atoms with Gasteiger partial charge in [-0.25, -0.2) is 0 Å². The number of hydrogen-bond acceptors (Lipinski definition) is 1. The molecule has 0 aromatic carbocycles. The Kier molecular flexibility index (Phi) is 3.65. The van der Waals surface area contributed by atoms with Crippen LogP contribution in [0.5, 0.6) is 0 Å². The summed E-state index contributed by atoms with van der Waals surface area (Å²) in [4.78, 5) is 2.73. The monoisotopic (exact) mass is 230 g/mol. The van der Waals surface area contributed by atoms with Crippen molar-refractivity contribution >= 4 is 22.9 Å². The minimum absolute atomic E-state index is 0.167. The minimum Gasteiger partial charge on any atom is -0.146 e. The molecule has 0 saturated carbocycles. The van der Waals surface area contributed by atoms with Gasteiger partial charge in [-0.15, -0.1) is 22.9 Å². The molecule has 0 saturated heterocycles. The summed E-state index contributed by atoms with van der Waals surface area (Å²) in [6.45, 7) is 11.0. The first-order valence-electron chi connectivity index (χ1n) is 5.00. The third-order valence-corrected chi connectivity index (χ3v) is 3.58. The van der Waals surface area contributed by atoms with Crippen LogP contribution in [0.2, 0.25) is 0 Å². The summed E-state index contributed by atoms with van der Waals surface area (Å²) < 4.78 is 0. The highest BCUT2D eigenvalue weighted by Crippen LogP contribution is 2.38. The van der Waals surface area contributed by atoms with Gasteiger partial charge in [0.15, 0.2) is 0 Å². The van der Waals surface area contributed by atoms with Gasteiger partial charge in [0, 0.05) is 9.75 Å². The van der Waals surface area contributed by atoms with Gasteiger partial charge in [-0.05, 0) is 37.3 Å². The molecule has 0 spiro atoms. The third kappa shape index (κ3) is 3.29. The number of rotatable bonds is 2. The predicted octanol–water partition coefficient (Wildman–Crippen LogP) is 5.08. The molecule has 0 nitrogen and oxygen atoms in total. The molecule has 0 aliphatic heterocycles. The zero-order valence-corrected chi connectivity index (χ0v) is 11.2. The summed E-state index contributed by atoms with van der Waals surface area (Å²) in [5, 5.41) is 0.167. The van der Waals surface area contributed by atoms with E-state index >= 15 is 0 Å². The Hall–Kier alpha value is -0.0100. The Morgan fingerprint density at radius 1 is 1.36 bits per heavy atom. The summed E-state index contributed by atoms with van der Waals surface area (Å²) in [6.07, 6.45) is 1.03. The van der Waals surface area contributed by atoms with E-state index < -0.39 is 0 Å². The fourth-order valence-corrected chi connectivity index (χ4v) is 3.35. The molecule has 0 bridgehead atoms. The van der Waals surface area contributed by atoms with Crippen molar-refractivity contribution < 1.29 is 0 Å².